The van der Waals surface area contributed by atoms with Crippen molar-refractivity contribution in [2.75, 3.05) is 0 Å². The summed E-state index contributed by atoms with van der Waals surface area (Å²) in [6, 6.07) is 8.23. The molecule has 0 aliphatic heterocycles. The van der Waals surface area contributed by atoms with E-state index in [0.717, 1.165) is 12.2 Å². The van der Waals surface area contributed by atoms with Crippen LogP contribution >= 0.6 is 0 Å². The van der Waals surface area contributed by atoms with Crippen molar-refractivity contribution in [2.24, 2.45) is 5.73 Å². The summed E-state index contributed by atoms with van der Waals surface area (Å²) in [5.74, 6) is 0.959. The summed E-state index contributed by atoms with van der Waals surface area (Å²) in [5, 5.41) is 0. The SMILES string of the molecule is Cc1ccccc1OC(C)CC(C)N. The fourth-order valence-corrected chi connectivity index (χ4v) is 1.48. The predicted octanol–water partition coefficient (Wildman–Crippen LogP) is 2.50. The van der Waals surface area contributed by atoms with Gasteiger partial charge in [-0.1, -0.05) is 18.2 Å². The molecule has 14 heavy (non-hydrogen) atoms. The Bertz CT molecular complexity index is 283. The molecule has 1 aromatic carbocycles. The molecule has 0 saturated heterocycles. The van der Waals surface area contributed by atoms with E-state index in [4.69, 9.17) is 10.5 Å². The molecule has 0 aliphatic carbocycles. The van der Waals surface area contributed by atoms with Gasteiger partial charge in [0.25, 0.3) is 0 Å². The number of para-hydroxylation sites is 1. The zero-order chi connectivity index (χ0) is 10.6. The fraction of sp³-hybridized carbons (Fsp3) is 0.500. The third kappa shape index (κ3) is 3.38. The summed E-state index contributed by atoms with van der Waals surface area (Å²) in [6.45, 7) is 6.10. The Kier molecular flexibility index (Phi) is 3.96. The molecule has 2 atom stereocenters. The lowest BCUT2D eigenvalue weighted by molar-refractivity contribution is 0.202. The van der Waals surface area contributed by atoms with Crippen LogP contribution in [-0.4, -0.2) is 12.1 Å². The van der Waals surface area contributed by atoms with Crippen molar-refractivity contribution < 1.29 is 4.74 Å². The molecule has 2 heteroatoms. The molecule has 0 bridgehead atoms. The molecule has 1 rings (SSSR count). The van der Waals surface area contributed by atoms with E-state index in [9.17, 15) is 0 Å². The molecule has 0 spiro atoms. The molecule has 0 saturated carbocycles. The molecule has 2 N–H and O–H groups in total. The number of aryl methyl sites for hydroxylation is 1. The molecular formula is C12H19NO. The third-order valence-corrected chi connectivity index (χ3v) is 2.13. The normalized spacial score (nSPS) is 14.9. The number of benzene rings is 1. The van der Waals surface area contributed by atoms with Crippen molar-refractivity contribution in [2.45, 2.75) is 39.3 Å². The van der Waals surface area contributed by atoms with Crippen molar-refractivity contribution >= 4 is 0 Å². The molecule has 1 aromatic rings. The van der Waals surface area contributed by atoms with Gasteiger partial charge < -0.3 is 10.5 Å². The van der Waals surface area contributed by atoms with Gasteiger partial charge in [-0.15, -0.1) is 0 Å². The van der Waals surface area contributed by atoms with Crippen LogP contribution in [0.25, 0.3) is 0 Å². The van der Waals surface area contributed by atoms with E-state index in [2.05, 4.69) is 6.92 Å². The maximum absolute atomic E-state index is 5.78. The standard InChI is InChI=1S/C12H19NO/c1-9-6-4-5-7-12(9)14-11(3)8-10(2)13/h4-7,10-11H,8,13H2,1-3H3. The Balaban J connectivity index is 2.56. The van der Waals surface area contributed by atoms with E-state index in [1.807, 2.05) is 38.1 Å². The van der Waals surface area contributed by atoms with Gasteiger partial charge in [0.15, 0.2) is 0 Å². The Morgan fingerprint density at radius 2 is 1.93 bits per heavy atom. The second-order valence-electron chi connectivity index (χ2n) is 3.91. The van der Waals surface area contributed by atoms with Crippen LogP contribution in [-0.2, 0) is 0 Å². The quantitative estimate of drug-likeness (QED) is 0.797. The lowest BCUT2D eigenvalue weighted by atomic mass is 10.1. The van der Waals surface area contributed by atoms with Crippen LogP contribution < -0.4 is 10.5 Å². The molecule has 0 heterocycles. The summed E-state index contributed by atoms with van der Waals surface area (Å²) in [6.07, 6.45) is 1.06. The molecule has 0 fully saturated rings. The third-order valence-electron chi connectivity index (χ3n) is 2.13. The average molecular weight is 193 g/mol. The highest BCUT2D eigenvalue weighted by Crippen LogP contribution is 2.18. The first-order valence-electron chi connectivity index (χ1n) is 5.07. The smallest absolute Gasteiger partial charge is 0.122 e. The lowest BCUT2D eigenvalue weighted by Gasteiger charge is -2.17. The topological polar surface area (TPSA) is 35.2 Å². The summed E-state index contributed by atoms with van der Waals surface area (Å²) >= 11 is 0. The number of nitrogens with two attached hydrogens (primary N) is 1. The van der Waals surface area contributed by atoms with Crippen LogP contribution in [0.4, 0.5) is 0 Å². The van der Waals surface area contributed by atoms with Gasteiger partial charge in [-0.05, 0) is 38.8 Å². The minimum Gasteiger partial charge on any atom is -0.490 e. The minimum atomic E-state index is 0.177. The van der Waals surface area contributed by atoms with Gasteiger partial charge in [0.05, 0.1) is 6.10 Å². The van der Waals surface area contributed by atoms with Gasteiger partial charge in [0.2, 0.25) is 0 Å². The first-order chi connectivity index (χ1) is 6.59. The molecule has 78 valence electrons. The Morgan fingerprint density at radius 1 is 1.29 bits per heavy atom. The van der Waals surface area contributed by atoms with Crippen LogP contribution in [0.1, 0.15) is 25.8 Å². The van der Waals surface area contributed by atoms with Crippen LogP contribution in [0.15, 0.2) is 24.3 Å². The van der Waals surface area contributed by atoms with E-state index in [-0.39, 0.29) is 12.1 Å². The maximum Gasteiger partial charge on any atom is 0.122 e. The fourth-order valence-electron chi connectivity index (χ4n) is 1.48. The van der Waals surface area contributed by atoms with Crippen molar-refractivity contribution in [3.8, 4) is 5.75 Å². The number of ether oxygens (including phenoxy) is 1. The highest BCUT2D eigenvalue weighted by Gasteiger charge is 2.07. The van der Waals surface area contributed by atoms with E-state index in [1.165, 1.54) is 5.56 Å². The predicted molar refractivity (Wildman–Crippen MR) is 59.5 cm³/mol. The van der Waals surface area contributed by atoms with Gasteiger partial charge in [-0.25, -0.2) is 0 Å². The number of hydrogen-bond donors (Lipinski definition) is 1. The summed E-state index contributed by atoms with van der Waals surface area (Å²) in [4.78, 5) is 0. The average Bonchev–Trinajstić information content (AvgIpc) is 2.07. The van der Waals surface area contributed by atoms with E-state index < -0.39 is 0 Å². The first-order valence-corrected chi connectivity index (χ1v) is 5.07. The largest absolute Gasteiger partial charge is 0.490 e. The van der Waals surface area contributed by atoms with Crippen LogP contribution in [0.3, 0.4) is 0 Å². The Labute approximate surface area is 86.1 Å². The second kappa shape index (κ2) is 5.01. The lowest BCUT2D eigenvalue weighted by Crippen LogP contribution is -2.24. The van der Waals surface area contributed by atoms with Gasteiger partial charge in [-0.2, -0.15) is 0 Å². The summed E-state index contributed by atoms with van der Waals surface area (Å²) in [5.41, 5.74) is 6.88. The molecule has 0 amide bonds. The molecule has 0 aliphatic rings. The summed E-state index contributed by atoms with van der Waals surface area (Å²) < 4.78 is 5.78. The zero-order valence-electron chi connectivity index (χ0n) is 9.16. The van der Waals surface area contributed by atoms with E-state index in [0.29, 0.717) is 0 Å². The summed E-state index contributed by atoms with van der Waals surface area (Å²) in [7, 11) is 0. The van der Waals surface area contributed by atoms with Crippen molar-refractivity contribution in [1.29, 1.82) is 0 Å². The van der Waals surface area contributed by atoms with Gasteiger partial charge in [0, 0.05) is 6.04 Å². The van der Waals surface area contributed by atoms with Crippen molar-refractivity contribution in [3.05, 3.63) is 29.8 Å². The van der Waals surface area contributed by atoms with Crippen molar-refractivity contribution in [3.63, 3.8) is 0 Å². The monoisotopic (exact) mass is 193 g/mol. The Morgan fingerprint density at radius 3 is 2.50 bits per heavy atom. The maximum atomic E-state index is 5.78. The van der Waals surface area contributed by atoms with Crippen molar-refractivity contribution in [1.82, 2.24) is 0 Å². The zero-order valence-corrected chi connectivity index (χ0v) is 9.16. The number of hydrogen-bond acceptors (Lipinski definition) is 2. The molecule has 2 unspecified atom stereocenters. The molecule has 2 nitrogen and oxygen atoms in total. The van der Waals surface area contributed by atoms with Crippen LogP contribution in [0.2, 0.25) is 0 Å². The highest BCUT2D eigenvalue weighted by molar-refractivity contribution is 5.31. The van der Waals surface area contributed by atoms with E-state index >= 15 is 0 Å². The first kappa shape index (κ1) is 11.1. The van der Waals surface area contributed by atoms with Crippen LogP contribution in [0.5, 0.6) is 5.75 Å². The second-order valence-corrected chi connectivity index (χ2v) is 3.91. The minimum absolute atomic E-state index is 0.177. The van der Waals surface area contributed by atoms with Crippen LogP contribution in [0, 0.1) is 6.92 Å². The molecular weight excluding hydrogens is 174 g/mol. The Hall–Kier alpha value is -1.02. The number of rotatable bonds is 4. The van der Waals surface area contributed by atoms with Gasteiger partial charge in [0.1, 0.15) is 5.75 Å². The van der Waals surface area contributed by atoms with Gasteiger partial charge in [-0.3, -0.25) is 0 Å². The molecule has 0 aromatic heterocycles. The van der Waals surface area contributed by atoms with E-state index in [1.54, 1.807) is 0 Å². The van der Waals surface area contributed by atoms with Gasteiger partial charge >= 0.3 is 0 Å². The highest BCUT2D eigenvalue weighted by atomic mass is 16.5. The molecule has 0 radical (unpaired) electrons.